The molecular weight excluding hydrogens is 318 g/mol. The third kappa shape index (κ3) is 5.91. The molecule has 0 bridgehead atoms. The number of rotatable bonds is 4. The number of anilines is 2. The molecule has 1 aromatic carbocycles. The third-order valence-electron chi connectivity index (χ3n) is 3.32. The lowest BCUT2D eigenvalue weighted by Gasteiger charge is -2.17. The van der Waals surface area contributed by atoms with Gasteiger partial charge in [0.25, 0.3) is 0 Å². The minimum atomic E-state index is -0.539. The Bertz CT molecular complexity index is 722. The molecule has 25 heavy (non-hydrogen) atoms. The topological polar surface area (TPSA) is 71.5 Å². The molecule has 0 saturated heterocycles. The predicted molar refractivity (Wildman–Crippen MR) is 97.8 cm³/mol. The van der Waals surface area contributed by atoms with E-state index in [4.69, 9.17) is 4.74 Å². The molecule has 6 nitrogen and oxygen atoms in total. The lowest BCUT2D eigenvalue weighted by molar-refractivity contribution is -0.117. The molecule has 0 aliphatic heterocycles. The highest BCUT2D eigenvalue weighted by atomic mass is 16.6. The average Bonchev–Trinajstić information content (AvgIpc) is 2.55. The van der Waals surface area contributed by atoms with Gasteiger partial charge in [-0.25, -0.2) is 9.78 Å². The quantitative estimate of drug-likeness (QED) is 0.909. The van der Waals surface area contributed by atoms with Gasteiger partial charge < -0.3 is 10.1 Å². The molecule has 0 saturated carbocycles. The molecule has 6 heteroatoms. The van der Waals surface area contributed by atoms with Crippen molar-refractivity contribution in [2.45, 2.75) is 27.2 Å². The van der Waals surface area contributed by atoms with Crippen molar-refractivity contribution in [3.63, 3.8) is 0 Å². The van der Waals surface area contributed by atoms with Crippen LogP contribution in [0.15, 0.2) is 48.7 Å². The number of nitrogens with one attached hydrogen (secondary N) is 1. The molecule has 0 radical (unpaired) electrons. The highest BCUT2D eigenvalue weighted by Crippen LogP contribution is 2.20. The Kier molecular flexibility index (Phi) is 5.75. The lowest BCUT2D eigenvalue weighted by atomic mass is 9.92. The van der Waals surface area contributed by atoms with Gasteiger partial charge in [-0.2, -0.15) is 0 Å². The summed E-state index contributed by atoms with van der Waals surface area (Å²) in [5, 5.41) is 2.78. The van der Waals surface area contributed by atoms with E-state index in [0.29, 0.717) is 12.1 Å². The van der Waals surface area contributed by atoms with Gasteiger partial charge in [-0.05, 0) is 23.6 Å². The Morgan fingerprint density at radius 1 is 1.12 bits per heavy atom. The van der Waals surface area contributed by atoms with Gasteiger partial charge >= 0.3 is 6.09 Å². The maximum Gasteiger partial charge on any atom is 0.420 e. The van der Waals surface area contributed by atoms with E-state index in [1.54, 1.807) is 19.2 Å². The summed E-state index contributed by atoms with van der Waals surface area (Å²) in [4.78, 5) is 29.5. The Balaban J connectivity index is 1.94. The second kappa shape index (κ2) is 7.79. The molecule has 1 N–H and O–H groups in total. The van der Waals surface area contributed by atoms with Crippen LogP contribution in [0.25, 0.3) is 0 Å². The van der Waals surface area contributed by atoms with Crippen molar-refractivity contribution in [2.75, 3.05) is 17.3 Å². The van der Waals surface area contributed by atoms with Crippen molar-refractivity contribution < 1.29 is 14.3 Å². The van der Waals surface area contributed by atoms with E-state index in [1.807, 2.05) is 51.1 Å². The van der Waals surface area contributed by atoms with E-state index >= 15 is 0 Å². The largest absolute Gasteiger partial charge is 0.420 e. The van der Waals surface area contributed by atoms with Crippen molar-refractivity contribution in [3.8, 4) is 5.88 Å². The second-order valence-electron chi connectivity index (χ2n) is 6.93. The Morgan fingerprint density at radius 2 is 1.80 bits per heavy atom. The van der Waals surface area contributed by atoms with Gasteiger partial charge in [-0.1, -0.05) is 39.0 Å². The van der Waals surface area contributed by atoms with E-state index in [9.17, 15) is 9.59 Å². The number of pyridine rings is 1. The van der Waals surface area contributed by atoms with Crippen LogP contribution in [0, 0.1) is 5.41 Å². The molecule has 0 unspecified atom stereocenters. The fourth-order valence-electron chi connectivity index (χ4n) is 2.12. The van der Waals surface area contributed by atoms with Crippen LogP contribution in [0.4, 0.5) is 16.2 Å². The zero-order valence-electron chi connectivity index (χ0n) is 14.9. The molecule has 0 aliphatic carbocycles. The molecule has 0 fully saturated rings. The van der Waals surface area contributed by atoms with Gasteiger partial charge in [0.2, 0.25) is 11.8 Å². The Morgan fingerprint density at radius 3 is 2.36 bits per heavy atom. The van der Waals surface area contributed by atoms with Gasteiger partial charge in [0.15, 0.2) is 0 Å². The van der Waals surface area contributed by atoms with Crippen LogP contribution >= 0.6 is 0 Å². The number of benzene rings is 1. The third-order valence-corrected chi connectivity index (χ3v) is 3.32. The van der Waals surface area contributed by atoms with E-state index < -0.39 is 6.09 Å². The summed E-state index contributed by atoms with van der Waals surface area (Å²) in [6, 6.07) is 12.4. The summed E-state index contributed by atoms with van der Waals surface area (Å²) < 4.78 is 5.23. The minimum absolute atomic E-state index is 0.0807. The van der Waals surface area contributed by atoms with Gasteiger partial charge in [-0.3, -0.25) is 9.69 Å². The smallest absolute Gasteiger partial charge is 0.391 e. The Labute approximate surface area is 147 Å². The number of hydrogen-bond acceptors (Lipinski definition) is 4. The summed E-state index contributed by atoms with van der Waals surface area (Å²) in [5.74, 6) is 0.0875. The predicted octanol–water partition coefficient (Wildman–Crippen LogP) is 4.09. The molecule has 0 spiro atoms. The molecule has 1 heterocycles. The van der Waals surface area contributed by atoms with Crippen LogP contribution in [0.5, 0.6) is 5.88 Å². The van der Waals surface area contributed by atoms with Crippen molar-refractivity contribution in [1.82, 2.24) is 4.98 Å². The fraction of sp³-hybridized carbons (Fsp3) is 0.316. The SMILES string of the molecule is CN(C(=O)Oc1ccc(NC(=O)CC(C)(C)C)cn1)c1ccccc1. The van der Waals surface area contributed by atoms with E-state index in [-0.39, 0.29) is 17.2 Å². The molecular formula is C19H23N3O3. The molecule has 2 aromatic rings. The molecule has 1 aromatic heterocycles. The normalized spacial score (nSPS) is 10.9. The summed E-state index contributed by atoms with van der Waals surface area (Å²) in [6.07, 6.45) is 1.33. The summed E-state index contributed by atoms with van der Waals surface area (Å²) in [7, 11) is 1.62. The average molecular weight is 341 g/mol. The number of hydrogen-bond donors (Lipinski definition) is 1. The Hall–Kier alpha value is -2.89. The number of carbonyl (C=O) groups is 2. The van der Waals surface area contributed by atoms with Gasteiger partial charge in [0.05, 0.1) is 11.9 Å². The molecule has 0 atom stereocenters. The lowest BCUT2D eigenvalue weighted by Crippen LogP contribution is -2.29. The first-order valence-corrected chi connectivity index (χ1v) is 8.01. The highest BCUT2D eigenvalue weighted by molar-refractivity contribution is 5.91. The van der Waals surface area contributed by atoms with Crippen molar-refractivity contribution >= 4 is 23.4 Å². The van der Waals surface area contributed by atoms with Crippen LogP contribution in [-0.4, -0.2) is 24.0 Å². The zero-order chi connectivity index (χ0) is 18.4. The molecule has 2 rings (SSSR count). The number of aromatic nitrogens is 1. The molecule has 132 valence electrons. The number of ether oxygens (including phenoxy) is 1. The summed E-state index contributed by atoms with van der Waals surface area (Å²) in [6.45, 7) is 5.99. The first-order chi connectivity index (χ1) is 11.7. The number of carbonyl (C=O) groups excluding carboxylic acids is 2. The maximum atomic E-state index is 12.1. The van der Waals surface area contributed by atoms with Gasteiger partial charge in [-0.15, -0.1) is 0 Å². The number of para-hydroxylation sites is 1. The summed E-state index contributed by atoms with van der Waals surface area (Å²) in [5.41, 5.74) is 1.19. The standard InChI is InChI=1S/C19H23N3O3/c1-19(2,3)12-16(23)21-14-10-11-17(20-13-14)25-18(24)22(4)15-8-6-5-7-9-15/h5-11,13H,12H2,1-4H3,(H,21,23). The monoisotopic (exact) mass is 341 g/mol. The van der Waals surface area contributed by atoms with Gasteiger partial charge in [0, 0.05) is 25.2 Å². The van der Waals surface area contributed by atoms with Gasteiger partial charge in [0.1, 0.15) is 0 Å². The number of amides is 2. The van der Waals surface area contributed by atoms with E-state index in [0.717, 1.165) is 5.69 Å². The van der Waals surface area contributed by atoms with Crippen LogP contribution in [0.3, 0.4) is 0 Å². The minimum Gasteiger partial charge on any atom is -0.391 e. The number of nitrogens with zero attached hydrogens (tertiary/aromatic N) is 2. The second-order valence-corrected chi connectivity index (χ2v) is 6.93. The van der Waals surface area contributed by atoms with E-state index in [2.05, 4.69) is 10.3 Å². The van der Waals surface area contributed by atoms with Crippen molar-refractivity contribution in [3.05, 3.63) is 48.7 Å². The first kappa shape index (κ1) is 18.4. The first-order valence-electron chi connectivity index (χ1n) is 8.01. The van der Waals surface area contributed by atoms with Crippen molar-refractivity contribution in [2.24, 2.45) is 5.41 Å². The van der Waals surface area contributed by atoms with E-state index in [1.165, 1.54) is 11.1 Å². The molecule has 0 aliphatic rings. The summed E-state index contributed by atoms with van der Waals surface area (Å²) >= 11 is 0. The van der Waals surface area contributed by atoms with Crippen LogP contribution in [-0.2, 0) is 4.79 Å². The highest BCUT2D eigenvalue weighted by Gasteiger charge is 2.17. The van der Waals surface area contributed by atoms with Crippen molar-refractivity contribution in [1.29, 1.82) is 0 Å². The van der Waals surface area contributed by atoms with Crippen LogP contribution in [0.1, 0.15) is 27.2 Å². The fourth-order valence-corrected chi connectivity index (χ4v) is 2.12. The maximum absolute atomic E-state index is 12.1. The molecule has 2 amide bonds. The van der Waals surface area contributed by atoms with Crippen LogP contribution in [0.2, 0.25) is 0 Å². The van der Waals surface area contributed by atoms with Crippen LogP contribution < -0.4 is 15.0 Å². The zero-order valence-corrected chi connectivity index (χ0v) is 14.9.